The van der Waals surface area contributed by atoms with Crippen LogP contribution >= 0.6 is 12.4 Å². The number of nitrogens with zero attached hydrogens (tertiary/aromatic N) is 1. The van der Waals surface area contributed by atoms with Crippen LogP contribution in [-0.2, 0) is 4.74 Å². The van der Waals surface area contributed by atoms with Crippen LogP contribution in [0.1, 0.15) is 25.7 Å². The molecule has 0 amide bonds. The lowest BCUT2D eigenvalue weighted by Gasteiger charge is -2.39. The zero-order valence-corrected chi connectivity index (χ0v) is 10.2. The van der Waals surface area contributed by atoms with Crippen molar-refractivity contribution < 1.29 is 4.74 Å². The fourth-order valence-electron chi connectivity index (χ4n) is 2.67. The second-order valence-corrected chi connectivity index (χ2v) is 4.58. The average molecular weight is 235 g/mol. The van der Waals surface area contributed by atoms with Crippen molar-refractivity contribution in [1.82, 2.24) is 4.90 Å². The van der Waals surface area contributed by atoms with Gasteiger partial charge >= 0.3 is 0 Å². The van der Waals surface area contributed by atoms with Gasteiger partial charge in [0.05, 0.1) is 0 Å². The highest BCUT2D eigenvalue weighted by Crippen LogP contribution is 2.22. The van der Waals surface area contributed by atoms with Gasteiger partial charge in [0.1, 0.15) is 0 Å². The molecule has 0 aromatic rings. The van der Waals surface area contributed by atoms with Crippen LogP contribution in [-0.4, -0.2) is 43.8 Å². The van der Waals surface area contributed by atoms with Crippen molar-refractivity contribution in [2.45, 2.75) is 31.7 Å². The van der Waals surface area contributed by atoms with Crippen molar-refractivity contribution in [2.24, 2.45) is 11.7 Å². The molecule has 0 saturated carbocycles. The Kier molecular flexibility index (Phi) is 5.90. The highest BCUT2D eigenvalue weighted by atomic mass is 35.5. The van der Waals surface area contributed by atoms with E-state index in [0.29, 0.717) is 0 Å². The molecule has 0 bridgehead atoms. The molecule has 0 spiro atoms. The van der Waals surface area contributed by atoms with E-state index in [9.17, 15) is 0 Å². The predicted octanol–water partition coefficient (Wildman–Crippen LogP) is 1.26. The largest absolute Gasteiger partial charge is 0.381 e. The van der Waals surface area contributed by atoms with E-state index in [2.05, 4.69) is 4.90 Å². The lowest BCUT2D eigenvalue weighted by Crippen LogP contribution is -2.46. The number of nitrogens with two attached hydrogens (primary N) is 1. The van der Waals surface area contributed by atoms with Gasteiger partial charge in [-0.25, -0.2) is 0 Å². The van der Waals surface area contributed by atoms with E-state index >= 15 is 0 Å². The second kappa shape index (κ2) is 6.69. The molecule has 2 heterocycles. The number of halogens is 1. The summed E-state index contributed by atoms with van der Waals surface area (Å²) in [4.78, 5) is 2.64. The van der Waals surface area contributed by atoms with Crippen LogP contribution in [0.3, 0.4) is 0 Å². The third kappa shape index (κ3) is 3.59. The number of likely N-dealkylation sites (tertiary alicyclic amines) is 1. The molecule has 0 aromatic heterocycles. The van der Waals surface area contributed by atoms with Crippen LogP contribution in [0.15, 0.2) is 0 Å². The molecule has 90 valence electrons. The molecular weight excluding hydrogens is 212 g/mol. The van der Waals surface area contributed by atoms with Crippen molar-refractivity contribution in [3.63, 3.8) is 0 Å². The molecule has 0 aromatic carbocycles. The maximum absolute atomic E-state index is 5.74. The molecule has 2 aliphatic rings. The summed E-state index contributed by atoms with van der Waals surface area (Å²) in [5, 5.41) is 0. The third-order valence-corrected chi connectivity index (χ3v) is 3.59. The Balaban J connectivity index is 0.00000112. The summed E-state index contributed by atoms with van der Waals surface area (Å²) < 4.78 is 5.39. The van der Waals surface area contributed by atoms with E-state index in [1.165, 1.54) is 38.8 Å². The molecule has 0 radical (unpaired) electrons. The van der Waals surface area contributed by atoms with E-state index in [0.717, 1.165) is 31.7 Å². The molecule has 1 atom stereocenters. The van der Waals surface area contributed by atoms with Crippen LogP contribution in [0.5, 0.6) is 0 Å². The highest BCUT2D eigenvalue weighted by molar-refractivity contribution is 5.85. The van der Waals surface area contributed by atoms with Gasteiger partial charge in [0, 0.05) is 25.8 Å². The average Bonchev–Trinajstić information content (AvgIpc) is 2.30. The first-order valence-corrected chi connectivity index (χ1v) is 5.92. The summed E-state index contributed by atoms with van der Waals surface area (Å²) in [5.41, 5.74) is 5.74. The van der Waals surface area contributed by atoms with E-state index in [1.54, 1.807) is 0 Å². The van der Waals surface area contributed by atoms with E-state index in [-0.39, 0.29) is 12.4 Å². The number of hydrogen-bond donors (Lipinski definition) is 1. The topological polar surface area (TPSA) is 38.5 Å². The molecule has 15 heavy (non-hydrogen) atoms. The molecular formula is C11H23ClN2O. The van der Waals surface area contributed by atoms with Crippen LogP contribution in [0.25, 0.3) is 0 Å². The number of piperidine rings is 1. The molecule has 2 saturated heterocycles. The van der Waals surface area contributed by atoms with Crippen molar-refractivity contribution in [2.75, 3.05) is 32.8 Å². The smallest absolute Gasteiger partial charge is 0.0480 e. The molecule has 3 nitrogen and oxygen atoms in total. The minimum absolute atomic E-state index is 0. The van der Waals surface area contributed by atoms with Gasteiger partial charge in [-0.2, -0.15) is 0 Å². The van der Waals surface area contributed by atoms with Crippen molar-refractivity contribution >= 4 is 12.4 Å². The maximum Gasteiger partial charge on any atom is 0.0480 e. The molecule has 4 heteroatoms. The standard InChI is InChI=1S/C11H22N2O.ClH/c12-8-10-2-1-5-13(9-10)11-3-6-14-7-4-11;/h10-11H,1-9,12H2;1H. The quantitative estimate of drug-likeness (QED) is 0.782. The van der Waals surface area contributed by atoms with Crippen molar-refractivity contribution in [3.05, 3.63) is 0 Å². The Hall–Kier alpha value is 0.170. The lowest BCUT2D eigenvalue weighted by atomic mass is 9.95. The Morgan fingerprint density at radius 1 is 1.20 bits per heavy atom. The van der Waals surface area contributed by atoms with Crippen molar-refractivity contribution in [3.8, 4) is 0 Å². The molecule has 2 rings (SSSR count). The first-order valence-electron chi connectivity index (χ1n) is 5.92. The predicted molar refractivity (Wildman–Crippen MR) is 64.4 cm³/mol. The maximum atomic E-state index is 5.74. The number of ether oxygens (including phenoxy) is 1. The summed E-state index contributed by atoms with van der Waals surface area (Å²) >= 11 is 0. The SMILES string of the molecule is Cl.NCC1CCCN(C2CCOCC2)C1. The van der Waals surface area contributed by atoms with Gasteiger partial charge in [-0.1, -0.05) is 0 Å². The zero-order chi connectivity index (χ0) is 9.80. The first kappa shape index (κ1) is 13.2. The minimum Gasteiger partial charge on any atom is -0.381 e. The highest BCUT2D eigenvalue weighted by Gasteiger charge is 2.26. The third-order valence-electron chi connectivity index (χ3n) is 3.59. The zero-order valence-electron chi connectivity index (χ0n) is 9.36. The van der Waals surface area contributed by atoms with Crippen LogP contribution < -0.4 is 5.73 Å². The summed E-state index contributed by atoms with van der Waals surface area (Å²) in [6, 6.07) is 0.776. The summed E-state index contributed by atoms with van der Waals surface area (Å²) in [7, 11) is 0. The van der Waals surface area contributed by atoms with Gasteiger partial charge in [0.15, 0.2) is 0 Å². The van der Waals surface area contributed by atoms with Gasteiger partial charge in [-0.05, 0) is 44.7 Å². The van der Waals surface area contributed by atoms with Crippen LogP contribution in [0.2, 0.25) is 0 Å². The van der Waals surface area contributed by atoms with Gasteiger partial charge in [0.25, 0.3) is 0 Å². The Morgan fingerprint density at radius 2 is 1.93 bits per heavy atom. The Morgan fingerprint density at radius 3 is 2.60 bits per heavy atom. The summed E-state index contributed by atoms with van der Waals surface area (Å²) in [6.07, 6.45) is 5.10. The van der Waals surface area contributed by atoms with Crippen LogP contribution in [0.4, 0.5) is 0 Å². The fraction of sp³-hybridized carbons (Fsp3) is 1.00. The van der Waals surface area contributed by atoms with E-state index in [1.807, 2.05) is 0 Å². The molecule has 2 N–H and O–H groups in total. The second-order valence-electron chi connectivity index (χ2n) is 4.58. The Labute approximate surface area is 98.7 Å². The normalized spacial score (nSPS) is 29.8. The first-order chi connectivity index (χ1) is 6.90. The fourth-order valence-corrected chi connectivity index (χ4v) is 2.67. The summed E-state index contributed by atoms with van der Waals surface area (Å²) in [5.74, 6) is 0.742. The number of rotatable bonds is 2. The summed E-state index contributed by atoms with van der Waals surface area (Å²) in [6.45, 7) is 5.27. The number of hydrogen-bond acceptors (Lipinski definition) is 3. The van der Waals surface area contributed by atoms with Crippen molar-refractivity contribution in [1.29, 1.82) is 0 Å². The Bertz CT molecular complexity index is 174. The lowest BCUT2D eigenvalue weighted by molar-refractivity contribution is 0.0186. The van der Waals surface area contributed by atoms with Gasteiger partial charge in [0.2, 0.25) is 0 Å². The molecule has 0 aliphatic carbocycles. The molecule has 2 aliphatic heterocycles. The van der Waals surface area contributed by atoms with Crippen LogP contribution in [0, 0.1) is 5.92 Å². The minimum atomic E-state index is 0. The van der Waals surface area contributed by atoms with E-state index < -0.39 is 0 Å². The molecule has 1 unspecified atom stereocenters. The van der Waals surface area contributed by atoms with Gasteiger partial charge in [-0.3, -0.25) is 4.90 Å². The monoisotopic (exact) mass is 234 g/mol. The van der Waals surface area contributed by atoms with Gasteiger partial charge in [-0.15, -0.1) is 12.4 Å². The molecule has 2 fully saturated rings. The van der Waals surface area contributed by atoms with Gasteiger partial charge < -0.3 is 10.5 Å². The van der Waals surface area contributed by atoms with E-state index in [4.69, 9.17) is 10.5 Å².